The maximum atomic E-state index is 12.8. The first-order valence-electron chi connectivity index (χ1n) is 10.6. The Bertz CT molecular complexity index is 1170. The number of alkyl halides is 3. The molecule has 0 atom stereocenters. The lowest BCUT2D eigenvalue weighted by Gasteiger charge is -2.34. The van der Waals surface area contributed by atoms with Gasteiger partial charge in [-0.25, -0.2) is 4.98 Å². The topological polar surface area (TPSA) is 81.3 Å². The molecule has 33 heavy (non-hydrogen) atoms. The van der Waals surface area contributed by atoms with Crippen molar-refractivity contribution in [2.75, 3.05) is 38.0 Å². The highest BCUT2D eigenvalue weighted by molar-refractivity contribution is 5.94. The fourth-order valence-electron chi connectivity index (χ4n) is 3.86. The second-order valence-electron chi connectivity index (χ2n) is 8.12. The van der Waals surface area contributed by atoms with E-state index in [0.717, 1.165) is 11.1 Å². The van der Waals surface area contributed by atoms with Crippen molar-refractivity contribution in [3.8, 4) is 0 Å². The van der Waals surface area contributed by atoms with Crippen LogP contribution in [-0.2, 0) is 22.2 Å². The van der Waals surface area contributed by atoms with Crippen LogP contribution < -0.4 is 5.32 Å². The van der Waals surface area contributed by atoms with Crippen LogP contribution in [0.4, 0.5) is 18.9 Å². The molecule has 0 radical (unpaired) electrons. The third kappa shape index (κ3) is 5.51. The fraction of sp³-hybridized carbons (Fsp3) is 0.348. The van der Waals surface area contributed by atoms with E-state index in [9.17, 15) is 22.8 Å². The summed E-state index contributed by atoms with van der Waals surface area (Å²) in [6.45, 7) is 4.34. The predicted octanol–water partition coefficient (Wildman–Crippen LogP) is 3.22. The number of nitrogens with zero attached hydrogens (tertiary/aromatic N) is 3. The first-order chi connectivity index (χ1) is 15.7. The van der Waals surface area contributed by atoms with E-state index in [-0.39, 0.29) is 29.4 Å². The van der Waals surface area contributed by atoms with Crippen molar-refractivity contribution in [1.82, 2.24) is 19.8 Å². The molecule has 0 unspecified atom stereocenters. The number of hydrogen-bond acceptors (Lipinski definition) is 4. The molecular formula is C23H24F3N5O2. The van der Waals surface area contributed by atoms with Gasteiger partial charge in [-0.2, -0.15) is 13.2 Å². The minimum Gasteiger partial charge on any atom is -0.340 e. The number of rotatable bonds is 5. The second kappa shape index (κ2) is 9.22. The second-order valence-corrected chi connectivity index (χ2v) is 8.12. The van der Waals surface area contributed by atoms with Crippen LogP contribution in [0.5, 0.6) is 0 Å². The number of nitrogens with one attached hydrogen (secondary N) is 2. The molecule has 1 saturated heterocycles. The van der Waals surface area contributed by atoms with Crippen molar-refractivity contribution in [2.24, 2.45) is 0 Å². The van der Waals surface area contributed by atoms with Crippen molar-refractivity contribution in [1.29, 1.82) is 0 Å². The van der Waals surface area contributed by atoms with Gasteiger partial charge in [0.15, 0.2) is 0 Å². The zero-order chi connectivity index (χ0) is 23.6. The van der Waals surface area contributed by atoms with E-state index >= 15 is 0 Å². The normalized spacial score (nSPS) is 15.1. The number of aromatic nitrogens is 2. The molecule has 10 heteroatoms. The number of carbonyl (C=O) groups excluding carboxylic acids is 2. The number of benzene rings is 2. The standard InChI is InChI=1S/C23H24F3N5O2/c1-15-4-2-3-5-16(15)12-21(33)31-10-8-30(9-11-31)14-20(32)27-17-6-7-18-19(13-17)29-22(28-18)23(24,25)26/h2-7,13H,8-12,14H2,1H3,(H,27,32)(H,28,29). The van der Waals surface area contributed by atoms with Gasteiger partial charge >= 0.3 is 6.18 Å². The molecule has 1 aromatic heterocycles. The smallest absolute Gasteiger partial charge is 0.340 e. The van der Waals surface area contributed by atoms with Crippen LogP contribution in [0.2, 0.25) is 0 Å². The van der Waals surface area contributed by atoms with Crippen LogP contribution in [-0.4, -0.2) is 64.3 Å². The van der Waals surface area contributed by atoms with Gasteiger partial charge in [0.05, 0.1) is 24.0 Å². The van der Waals surface area contributed by atoms with Crippen LogP contribution in [0, 0.1) is 6.92 Å². The third-order valence-corrected chi connectivity index (χ3v) is 5.73. The summed E-state index contributed by atoms with van der Waals surface area (Å²) >= 11 is 0. The summed E-state index contributed by atoms with van der Waals surface area (Å²) in [5.74, 6) is -1.28. The highest BCUT2D eigenvalue weighted by atomic mass is 19.4. The number of carbonyl (C=O) groups is 2. The highest BCUT2D eigenvalue weighted by Gasteiger charge is 2.34. The molecule has 3 aromatic rings. The summed E-state index contributed by atoms with van der Waals surface area (Å²) in [5.41, 5.74) is 2.86. The highest BCUT2D eigenvalue weighted by Crippen LogP contribution is 2.29. The SMILES string of the molecule is Cc1ccccc1CC(=O)N1CCN(CC(=O)Nc2ccc3nc(C(F)(F)F)[nH]c3c2)CC1. The van der Waals surface area contributed by atoms with Gasteiger partial charge in [-0.15, -0.1) is 0 Å². The maximum absolute atomic E-state index is 12.8. The van der Waals surface area contributed by atoms with E-state index in [1.54, 1.807) is 0 Å². The molecule has 1 aliphatic rings. The maximum Gasteiger partial charge on any atom is 0.449 e. The van der Waals surface area contributed by atoms with Gasteiger partial charge in [0.1, 0.15) is 0 Å². The summed E-state index contributed by atoms with van der Waals surface area (Å²) in [6, 6.07) is 12.2. The molecule has 0 aliphatic carbocycles. The predicted molar refractivity (Wildman–Crippen MR) is 118 cm³/mol. The van der Waals surface area contributed by atoms with E-state index in [1.165, 1.54) is 18.2 Å². The molecule has 2 heterocycles. The minimum atomic E-state index is -4.56. The quantitative estimate of drug-likeness (QED) is 0.614. The first kappa shape index (κ1) is 22.8. The van der Waals surface area contributed by atoms with Gasteiger partial charge in [0, 0.05) is 31.9 Å². The number of amides is 2. The first-order valence-corrected chi connectivity index (χ1v) is 10.6. The van der Waals surface area contributed by atoms with Crippen molar-refractivity contribution < 1.29 is 22.8 Å². The van der Waals surface area contributed by atoms with Crippen molar-refractivity contribution in [3.63, 3.8) is 0 Å². The Morgan fingerprint density at radius 3 is 2.52 bits per heavy atom. The van der Waals surface area contributed by atoms with E-state index < -0.39 is 12.0 Å². The molecule has 2 amide bonds. The van der Waals surface area contributed by atoms with Gasteiger partial charge < -0.3 is 15.2 Å². The fourth-order valence-corrected chi connectivity index (χ4v) is 3.86. The molecule has 1 aliphatic heterocycles. The van der Waals surface area contributed by atoms with Crippen LogP contribution in [0.1, 0.15) is 17.0 Å². The van der Waals surface area contributed by atoms with Crippen molar-refractivity contribution in [2.45, 2.75) is 19.5 Å². The Morgan fingerprint density at radius 1 is 1.09 bits per heavy atom. The Kier molecular flexibility index (Phi) is 6.37. The van der Waals surface area contributed by atoms with E-state index in [4.69, 9.17) is 0 Å². The number of aromatic amines is 1. The van der Waals surface area contributed by atoms with Gasteiger partial charge in [-0.1, -0.05) is 24.3 Å². The van der Waals surface area contributed by atoms with Crippen LogP contribution in [0.3, 0.4) is 0 Å². The van der Waals surface area contributed by atoms with Crippen molar-refractivity contribution >= 4 is 28.5 Å². The zero-order valence-electron chi connectivity index (χ0n) is 18.1. The number of imidazole rings is 1. The van der Waals surface area contributed by atoms with Crippen LogP contribution in [0.15, 0.2) is 42.5 Å². The summed E-state index contributed by atoms with van der Waals surface area (Å²) < 4.78 is 38.4. The summed E-state index contributed by atoms with van der Waals surface area (Å²) in [7, 11) is 0. The van der Waals surface area contributed by atoms with E-state index in [2.05, 4.69) is 15.3 Å². The largest absolute Gasteiger partial charge is 0.449 e. The molecule has 2 N–H and O–H groups in total. The third-order valence-electron chi connectivity index (χ3n) is 5.73. The summed E-state index contributed by atoms with van der Waals surface area (Å²) in [6.07, 6.45) is -4.20. The van der Waals surface area contributed by atoms with Gasteiger partial charge in [-0.05, 0) is 36.2 Å². The molecule has 2 aromatic carbocycles. The average molecular weight is 459 g/mol. The molecule has 174 valence electrons. The Labute approximate surface area is 188 Å². The van der Waals surface area contributed by atoms with Crippen LogP contribution >= 0.6 is 0 Å². The molecule has 0 spiro atoms. The average Bonchev–Trinajstić information content (AvgIpc) is 3.20. The molecular weight excluding hydrogens is 435 g/mol. The lowest BCUT2D eigenvalue weighted by Crippen LogP contribution is -2.50. The monoisotopic (exact) mass is 459 g/mol. The number of halogens is 3. The molecule has 1 fully saturated rings. The molecule has 0 saturated carbocycles. The van der Waals surface area contributed by atoms with Crippen molar-refractivity contribution in [3.05, 3.63) is 59.4 Å². The number of hydrogen-bond donors (Lipinski definition) is 2. The lowest BCUT2D eigenvalue weighted by molar-refractivity contribution is -0.144. The zero-order valence-corrected chi connectivity index (χ0v) is 18.1. The Balaban J connectivity index is 1.28. The molecule has 7 nitrogen and oxygen atoms in total. The minimum absolute atomic E-state index is 0.0690. The number of anilines is 1. The van der Waals surface area contributed by atoms with E-state index in [0.29, 0.717) is 38.3 Å². The van der Waals surface area contributed by atoms with Crippen LogP contribution in [0.25, 0.3) is 11.0 Å². The number of piperazine rings is 1. The number of aryl methyl sites for hydroxylation is 1. The van der Waals surface area contributed by atoms with Gasteiger partial charge in [0.2, 0.25) is 17.6 Å². The number of H-pyrrole nitrogens is 1. The summed E-state index contributed by atoms with van der Waals surface area (Å²) in [5, 5.41) is 2.71. The lowest BCUT2D eigenvalue weighted by atomic mass is 10.1. The number of fused-ring (bicyclic) bond motifs is 1. The van der Waals surface area contributed by atoms with Gasteiger partial charge in [0.25, 0.3) is 0 Å². The van der Waals surface area contributed by atoms with Gasteiger partial charge in [-0.3, -0.25) is 14.5 Å². The molecule has 4 rings (SSSR count). The van der Waals surface area contributed by atoms with E-state index in [1.807, 2.05) is 41.0 Å². The molecule has 0 bridgehead atoms. The Morgan fingerprint density at radius 2 is 1.82 bits per heavy atom. The Hall–Kier alpha value is -3.40. The summed E-state index contributed by atoms with van der Waals surface area (Å²) in [4.78, 5) is 34.6.